The Hall–Kier alpha value is -1.84. The summed E-state index contributed by atoms with van der Waals surface area (Å²) in [5, 5.41) is 13.8. The lowest BCUT2D eigenvalue weighted by Gasteiger charge is -2.25. The second-order valence-corrected chi connectivity index (χ2v) is 5.31. The van der Waals surface area contributed by atoms with Gasteiger partial charge in [-0.2, -0.15) is 0 Å². The normalized spacial score (nSPS) is 15.2. The summed E-state index contributed by atoms with van der Waals surface area (Å²) in [6, 6.07) is 17.8. The van der Waals surface area contributed by atoms with Gasteiger partial charge in [0, 0.05) is 12.1 Å². The van der Waals surface area contributed by atoms with Crippen molar-refractivity contribution in [2.24, 2.45) is 0 Å². The number of ether oxygens (including phenoxy) is 1. The number of rotatable bonds is 6. The topological polar surface area (TPSA) is 41.5 Å². The molecule has 0 aliphatic rings. The Balaban J connectivity index is 1.99. The van der Waals surface area contributed by atoms with Gasteiger partial charge < -0.3 is 15.2 Å². The molecule has 0 saturated carbocycles. The molecule has 21 heavy (non-hydrogen) atoms. The second-order valence-electron chi connectivity index (χ2n) is 5.31. The van der Waals surface area contributed by atoms with Gasteiger partial charge in [0.15, 0.2) is 0 Å². The molecule has 0 aromatic heterocycles. The van der Waals surface area contributed by atoms with Gasteiger partial charge in [-0.15, -0.1) is 0 Å². The molecule has 3 heteroatoms. The van der Waals surface area contributed by atoms with Crippen LogP contribution in [0.15, 0.2) is 54.6 Å². The van der Waals surface area contributed by atoms with Crippen molar-refractivity contribution in [3.05, 3.63) is 65.7 Å². The summed E-state index contributed by atoms with van der Waals surface area (Å²) in [7, 11) is 1.66. The van der Waals surface area contributed by atoms with Crippen LogP contribution in [0.4, 0.5) is 0 Å². The quantitative estimate of drug-likeness (QED) is 0.854. The third-order valence-corrected chi connectivity index (χ3v) is 3.74. The number of aliphatic hydroxyl groups is 1. The van der Waals surface area contributed by atoms with Crippen molar-refractivity contribution in [1.29, 1.82) is 0 Å². The monoisotopic (exact) mass is 285 g/mol. The molecular formula is C18H23NO2. The van der Waals surface area contributed by atoms with Gasteiger partial charge >= 0.3 is 0 Å². The molecule has 2 aromatic carbocycles. The summed E-state index contributed by atoms with van der Waals surface area (Å²) in [5.74, 6) is 0.850. The number of hydrogen-bond acceptors (Lipinski definition) is 3. The van der Waals surface area contributed by atoms with E-state index in [0.717, 1.165) is 11.3 Å². The first-order chi connectivity index (χ1) is 10.1. The van der Waals surface area contributed by atoms with Gasteiger partial charge in [0.05, 0.1) is 13.2 Å². The van der Waals surface area contributed by atoms with Gasteiger partial charge in [-0.05, 0) is 37.1 Å². The van der Waals surface area contributed by atoms with Crippen LogP contribution in [0.3, 0.4) is 0 Å². The van der Waals surface area contributed by atoms with Gasteiger partial charge in [-0.1, -0.05) is 42.5 Å². The summed E-state index contributed by atoms with van der Waals surface area (Å²) >= 11 is 0. The van der Waals surface area contributed by atoms with E-state index in [0.29, 0.717) is 0 Å². The van der Waals surface area contributed by atoms with E-state index in [1.165, 1.54) is 5.56 Å². The maximum atomic E-state index is 10.4. The van der Waals surface area contributed by atoms with Crippen LogP contribution in [0.25, 0.3) is 0 Å². The third kappa shape index (κ3) is 4.06. The molecule has 0 bridgehead atoms. The predicted octanol–water partition coefficient (Wildman–Crippen LogP) is 3.47. The van der Waals surface area contributed by atoms with Gasteiger partial charge in [-0.25, -0.2) is 0 Å². The van der Waals surface area contributed by atoms with Crippen LogP contribution in [0.1, 0.15) is 37.1 Å². The van der Waals surface area contributed by atoms with Crippen molar-refractivity contribution in [2.75, 3.05) is 7.11 Å². The minimum atomic E-state index is -0.521. The molecule has 0 heterocycles. The van der Waals surface area contributed by atoms with Gasteiger partial charge in [0.1, 0.15) is 5.75 Å². The molecule has 0 radical (unpaired) electrons. The van der Waals surface area contributed by atoms with Crippen molar-refractivity contribution in [1.82, 2.24) is 5.32 Å². The lowest BCUT2D eigenvalue weighted by atomic mass is 10.0. The Bertz CT molecular complexity index is 539. The van der Waals surface area contributed by atoms with E-state index in [2.05, 4.69) is 12.2 Å². The zero-order valence-corrected chi connectivity index (χ0v) is 12.8. The molecule has 2 N–H and O–H groups in total. The number of nitrogens with one attached hydrogen (secondary N) is 1. The Labute approximate surface area is 126 Å². The number of methoxy groups -OCH3 is 1. The smallest absolute Gasteiger partial charge is 0.118 e. The first kappa shape index (κ1) is 15.5. The molecule has 3 atom stereocenters. The molecule has 3 unspecified atom stereocenters. The highest BCUT2D eigenvalue weighted by Crippen LogP contribution is 2.21. The molecular weight excluding hydrogens is 262 g/mol. The molecule has 0 saturated heterocycles. The van der Waals surface area contributed by atoms with Crippen LogP contribution in [-0.4, -0.2) is 18.3 Å². The highest BCUT2D eigenvalue weighted by atomic mass is 16.5. The third-order valence-electron chi connectivity index (χ3n) is 3.74. The summed E-state index contributed by atoms with van der Waals surface area (Å²) in [6.45, 7) is 4.09. The standard InChI is InChI=1S/C18H23NO2/c1-13(15-9-11-17(21-3)12-10-15)19-14(2)18(20)16-7-5-4-6-8-16/h4-14,18-20H,1-3H3. The van der Waals surface area contributed by atoms with Crippen molar-refractivity contribution >= 4 is 0 Å². The highest BCUT2D eigenvalue weighted by Gasteiger charge is 2.18. The summed E-state index contributed by atoms with van der Waals surface area (Å²) in [6.07, 6.45) is -0.521. The molecule has 2 aromatic rings. The highest BCUT2D eigenvalue weighted by molar-refractivity contribution is 5.29. The zero-order valence-electron chi connectivity index (χ0n) is 12.8. The van der Waals surface area contributed by atoms with Crippen molar-refractivity contribution in [3.63, 3.8) is 0 Å². The fraction of sp³-hybridized carbons (Fsp3) is 0.333. The zero-order chi connectivity index (χ0) is 15.2. The molecule has 0 amide bonds. The summed E-state index contributed by atoms with van der Waals surface area (Å²) in [4.78, 5) is 0. The van der Waals surface area contributed by atoms with E-state index in [-0.39, 0.29) is 12.1 Å². The largest absolute Gasteiger partial charge is 0.497 e. The second kappa shape index (κ2) is 7.25. The van der Waals surface area contributed by atoms with Gasteiger partial charge in [0.25, 0.3) is 0 Å². The average Bonchev–Trinajstić information content (AvgIpc) is 2.55. The fourth-order valence-electron chi connectivity index (χ4n) is 2.41. The first-order valence-electron chi connectivity index (χ1n) is 7.25. The van der Waals surface area contributed by atoms with Crippen LogP contribution in [0.2, 0.25) is 0 Å². The summed E-state index contributed by atoms with van der Waals surface area (Å²) in [5.41, 5.74) is 2.10. The molecule has 0 fully saturated rings. The van der Waals surface area contributed by atoms with Crippen LogP contribution >= 0.6 is 0 Å². The van der Waals surface area contributed by atoms with E-state index in [1.807, 2.05) is 61.5 Å². The number of aliphatic hydroxyl groups excluding tert-OH is 1. The van der Waals surface area contributed by atoms with E-state index < -0.39 is 6.10 Å². The van der Waals surface area contributed by atoms with Crippen LogP contribution in [0, 0.1) is 0 Å². The van der Waals surface area contributed by atoms with Crippen LogP contribution in [0.5, 0.6) is 5.75 Å². The number of benzene rings is 2. The Morgan fingerprint density at radius 2 is 1.52 bits per heavy atom. The lowest BCUT2D eigenvalue weighted by molar-refractivity contribution is 0.130. The SMILES string of the molecule is COc1ccc(C(C)NC(C)C(O)c2ccccc2)cc1. The molecule has 2 rings (SSSR count). The number of hydrogen-bond donors (Lipinski definition) is 2. The van der Waals surface area contributed by atoms with Crippen molar-refractivity contribution in [3.8, 4) is 5.75 Å². The van der Waals surface area contributed by atoms with Gasteiger partial charge in [0.2, 0.25) is 0 Å². The molecule has 112 valence electrons. The Morgan fingerprint density at radius 3 is 2.10 bits per heavy atom. The first-order valence-corrected chi connectivity index (χ1v) is 7.25. The van der Waals surface area contributed by atoms with Gasteiger partial charge in [-0.3, -0.25) is 0 Å². The van der Waals surface area contributed by atoms with Crippen LogP contribution in [-0.2, 0) is 0 Å². The average molecular weight is 285 g/mol. The lowest BCUT2D eigenvalue weighted by Crippen LogP contribution is -2.34. The minimum Gasteiger partial charge on any atom is -0.497 e. The molecule has 3 nitrogen and oxygen atoms in total. The Kier molecular flexibility index (Phi) is 5.37. The van der Waals surface area contributed by atoms with E-state index in [4.69, 9.17) is 4.74 Å². The molecule has 0 spiro atoms. The molecule has 0 aliphatic heterocycles. The van der Waals surface area contributed by atoms with E-state index in [9.17, 15) is 5.11 Å². The maximum Gasteiger partial charge on any atom is 0.118 e. The van der Waals surface area contributed by atoms with E-state index in [1.54, 1.807) is 7.11 Å². The summed E-state index contributed by atoms with van der Waals surface area (Å²) < 4.78 is 5.17. The van der Waals surface area contributed by atoms with Crippen LogP contribution < -0.4 is 10.1 Å². The minimum absolute atomic E-state index is 0.0375. The molecule has 0 aliphatic carbocycles. The fourth-order valence-corrected chi connectivity index (χ4v) is 2.41. The maximum absolute atomic E-state index is 10.4. The van der Waals surface area contributed by atoms with Crippen molar-refractivity contribution in [2.45, 2.75) is 32.0 Å². The van der Waals surface area contributed by atoms with Crippen molar-refractivity contribution < 1.29 is 9.84 Å². The predicted molar refractivity (Wildman–Crippen MR) is 85.4 cm³/mol. The van der Waals surface area contributed by atoms with E-state index >= 15 is 0 Å². The Morgan fingerprint density at radius 1 is 0.905 bits per heavy atom.